The second kappa shape index (κ2) is 9.37. The molecule has 0 saturated carbocycles. The molecule has 0 aromatic rings. The minimum absolute atomic E-state index is 0. The third-order valence-corrected chi connectivity index (χ3v) is 2.70. The van der Waals surface area contributed by atoms with Gasteiger partial charge in [0.05, 0.1) is 0 Å². The van der Waals surface area contributed by atoms with Gasteiger partial charge in [-0.3, -0.25) is 0 Å². The third kappa shape index (κ3) is 10.7. The molecule has 0 aromatic heterocycles. The van der Waals surface area contributed by atoms with Crippen LogP contribution in [0.5, 0.6) is 0 Å². The second-order valence-electron chi connectivity index (χ2n) is 0.149. The standard InChI is InChI=1S/Li.H2S4.H/c;1-3-4-2;/h;1-2H;. The molecular weight excluding hydrogens is 135 g/mol. The molecule has 0 nitrogen and oxygen atoms in total. The molecule has 0 unspecified atom stereocenters. The van der Waals surface area contributed by atoms with Crippen molar-refractivity contribution in [3.63, 3.8) is 0 Å². The molecule has 0 aliphatic heterocycles. The van der Waals surface area contributed by atoms with Crippen molar-refractivity contribution in [2.75, 3.05) is 0 Å². The van der Waals surface area contributed by atoms with Gasteiger partial charge in [0.1, 0.15) is 0 Å². The molecule has 0 fully saturated rings. The van der Waals surface area contributed by atoms with Crippen molar-refractivity contribution in [2.24, 2.45) is 0 Å². The van der Waals surface area contributed by atoms with Crippen LogP contribution in [0.1, 0.15) is 0 Å². The van der Waals surface area contributed by atoms with Crippen molar-refractivity contribution >= 4 is 61.8 Å². The van der Waals surface area contributed by atoms with Gasteiger partial charge in [-0.15, -0.1) is 0 Å². The summed E-state index contributed by atoms with van der Waals surface area (Å²) in [6.45, 7) is 0. The molecule has 0 aromatic carbocycles. The van der Waals surface area contributed by atoms with Gasteiger partial charge < -0.3 is 0 Å². The van der Waals surface area contributed by atoms with E-state index in [2.05, 4.69) is 23.3 Å². The molecule has 28 valence electrons. The molecule has 5 heavy (non-hydrogen) atoms. The summed E-state index contributed by atoms with van der Waals surface area (Å²) in [7, 11) is 2.66. The fourth-order valence-electron chi connectivity index (χ4n) is 0. The Morgan fingerprint density at radius 3 is 1.20 bits per heavy atom. The van der Waals surface area contributed by atoms with Gasteiger partial charge in [0.15, 0.2) is 0 Å². The first-order chi connectivity index (χ1) is 1.91. The maximum atomic E-state index is 3.72. The second-order valence-corrected chi connectivity index (χ2v) is 4.02. The van der Waals surface area contributed by atoms with Crippen LogP contribution in [0.15, 0.2) is 0 Å². The summed E-state index contributed by atoms with van der Waals surface area (Å²) in [5.74, 6) is 0. The van der Waals surface area contributed by atoms with Crippen molar-refractivity contribution in [1.29, 1.82) is 0 Å². The summed E-state index contributed by atoms with van der Waals surface area (Å²) in [4.78, 5) is 0. The maximum absolute atomic E-state index is 3.72. The molecule has 0 heterocycles. The summed E-state index contributed by atoms with van der Waals surface area (Å²) in [6, 6.07) is 0. The van der Waals surface area contributed by atoms with Crippen LogP contribution in [-0.4, -0.2) is 18.9 Å². The average molecular weight is 138 g/mol. The Morgan fingerprint density at radius 2 is 1.20 bits per heavy atom. The van der Waals surface area contributed by atoms with E-state index in [1.165, 1.54) is 19.7 Å². The molecule has 0 atom stereocenters. The van der Waals surface area contributed by atoms with E-state index in [9.17, 15) is 0 Å². The molecule has 0 aliphatic carbocycles. The number of rotatable bonds is 1. The minimum atomic E-state index is 0. The summed E-state index contributed by atoms with van der Waals surface area (Å²) in [6.07, 6.45) is 0. The van der Waals surface area contributed by atoms with Gasteiger partial charge >= 0.3 is 18.9 Å². The van der Waals surface area contributed by atoms with E-state index in [0.717, 1.165) is 0 Å². The molecule has 0 N–H and O–H groups in total. The monoisotopic (exact) mass is 138 g/mol. The Bertz CT molecular complexity index is 5.61. The third-order valence-electron chi connectivity index (χ3n) is 0.0333. The van der Waals surface area contributed by atoms with Gasteiger partial charge in [-0.1, -0.05) is 23.3 Å². The quantitative estimate of drug-likeness (QED) is 0.319. The van der Waals surface area contributed by atoms with Crippen LogP contribution in [0.4, 0.5) is 0 Å². The number of hydrogen-bond acceptors (Lipinski definition) is 4. The predicted octanol–water partition coefficient (Wildman–Crippen LogP) is 1.41. The van der Waals surface area contributed by atoms with E-state index in [-0.39, 0.29) is 18.9 Å². The summed E-state index contributed by atoms with van der Waals surface area (Å²) in [5.41, 5.74) is 0. The molecule has 0 saturated heterocycles. The Labute approximate surface area is 61.4 Å². The van der Waals surface area contributed by atoms with Crippen LogP contribution >= 0.6 is 43.0 Å². The first-order valence-corrected chi connectivity index (χ1v) is 4.79. The van der Waals surface area contributed by atoms with Crippen LogP contribution in [0.2, 0.25) is 0 Å². The molecule has 0 rings (SSSR count). The molecule has 0 amide bonds. The zero-order valence-corrected chi connectivity index (χ0v) is 5.13. The van der Waals surface area contributed by atoms with Crippen molar-refractivity contribution in [3.05, 3.63) is 0 Å². The molecule has 0 aliphatic rings. The van der Waals surface area contributed by atoms with Crippen molar-refractivity contribution in [2.45, 2.75) is 0 Å². The van der Waals surface area contributed by atoms with Crippen molar-refractivity contribution in [3.8, 4) is 0 Å². The topological polar surface area (TPSA) is 0 Å². The molecule has 5 heteroatoms. The Kier molecular flexibility index (Phi) is 18.9. The predicted molar refractivity (Wildman–Crippen MR) is 40.3 cm³/mol. The first kappa shape index (κ1) is 10.1. The van der Waals surface area contributed by atoms with Crippen LogP contribution in [-0.2, 0) is 0 Å². The molecule has 0 bridgehead atoms. The van der Waals surface area contributed by atoms with E-state index < -0.39 is 0 Å². The Hall–Kier alpha value is 2.00. The molecule has 0 spiro atoms. The molecular formula is H3LiS4. The van der Waals surface area contributed by atoms with Crippen molar-refractivity contribution < 1.29 is 0 Å². The van der Waals surface area contributed by atoms with Crippen LogP contribution in [0.3, 0.4) is 0 Å². The van der Waals surface area contributed by atoms with Gasteiger partial charge in [-0.05, 0) is 19.7 Å². The zero-order chi connectivity index (χ0) is 3.41. The van der Waals surface area contributed by atoms with Gasteiger partial charge in [-0.25, -0.2) is 0 Å². The SMILES string of the molecule is SSSS.[LiH]. The summed E-state index contributed by atoms with van der Waals surface area (Å²) >= 11 is 7.45. The summed E-state index contributed by atoms with van der Waals surface area (Å²) < 4.78 is 0. The van der Waals surface area contributed by atoms with Gasteiger partial charge in [0.25, 0.3) is 0 Å². The van der Waals surface area contributed by atoms with Crippen LogP contribution in [0, 0.1) is 0 Å². The van der Waals surface area contributed by atoms with Gasteiger partial charge in [-0.2, -0.15) is 0 Å². The zero-order valence-electron chi connectivity index (χ0n) is 1.71. The van der Waals surface area contributed by atoms with E-state index in [1.54, 1.807) is 0 Å². The Balaban J connectivity index is 0. The van der Waals surface area contributed by atoms with Gasteiger partial charge in [0, 0.05) is 0 Å². The van der Waals surface area contributed by atoms with E-state index in [0.29, 0.717) is 0 Å². The first-order valence-electron chi connectivity index (χ1n) is 0.532. The fraction of sp³-hybridized carbons (Fsp3) is 0. The Morgan fingerprint density at radius 1 is 1.00 bits per heavy atom. The van der Waals surface area contributed by atoms with E-state index in [4.69, 9.17) is 0 Å². The van der Waals surface area contributed by atoms with Crippen molar-refractivity contribution in [1.82, 2.24) is 0 Å². The van der Waals surface area contributed by atoms with Crippen LogP contribution < -0.4 is 0 Å². The van der Waals surface area contributed by atoms with E-state index >= 15 is 0 Å². The molecule has 0 radical (unpaired) electrons. The van der Waals surface area contributed by atoms with E-state index in [1.807, 2.05) is 0 Å². The summed E-state index contributed by atoms with van der Waals surface area (Å²) in [5, 5.41) is 0. The fourth-order valence-corrected chi connectivity index (χ4v) is 0. The normalized spacial score (nSPS) is 6.00. The van der Waals surface area contributed by atoms with Crippen LogP contribution in [0.25, 0.3) is 0 Å². The number of hydrogen-bond donors (Lipinski definition) is 2. The number of thiol groups is 2. The van der Waals surface area contributed by atoms with Gasteiger partial charge in [0.2, 0.25) is 0 Å². The average Bonchev–Trinajstić information content (AvgIpc) is 1.37.